The lowest BCUT2D eigenvalue weighted by molar-refractivity contribution is -0.194. The van der Waals surface area contributed by atoms with Crippen LogP contribution in [0.25, 0.3) is 0 Å². The average Bonchev–Trinajstić information content (AvgIpc) is 2.91. The Balaban J connectivity index is 1.96. The number of aliphatic hydroxyl groups excluding tert-OH is 3. The second-order valence-electron chi connectivity index (χ2n) is 5.14. The van der Waals surface area contributed by atoms with Crippen molar-refractivity contribution in [3.8, 4) is 6.07 Å². The predicted octanol–water partition coefficient (Wildman–Crippen LogP) is -0.626. The second-order valence-corrected chi connectivity index (χ2v) is 5.14. The van der Waals surface area contributed by atoms with E-state index in [4.69, 9.17) is 4.74 Å². The van der Waals surface area contributed by atoms with Gasteiger partial charge in [-0.25, -0.2) is 4.90 Å². The van der Waals surface area contributed by atoms with Crippen molar-refractivity contribution in [3.63, 3.8) is 0 Å². The smallest absolute Gasteiger partial charge is 0.141 e. The molecule has 2 aliphatic rings. The molecule has 0 unspecified atom stereocenters. The van der Waals surface area contributed by atoms with Gasteiger partial charge in [0.2, 0.25) is 0 Å². The summed E-state index contributed by atoms with van der Waals surface area (Å²) in [6, 6.07) is 10.4. The monoisotopic (exact) mass is 276 g/mol. The number of nitriles is 1. The van der Waals surface area contributed by atoms with E-state index < -0.39 is 30.6 Å². The number of benzene rings is 1. The number of rotatable bonds is 1. The Morgan fingerprint density at radius 2 is 1.80 bits per heavy atom. The largest absolute Gasteiger partial charge is 0.388 e. The van der Waals surface area contributed by atoms with E-state index in [0.717, 1.165) is 5.56 Å². The summed E-state index contributed by atoms with van der Waals surface area (Å²) < 4.78 is 5.54. The number of hydrogen-bond donors (Lipinski definition) is 3. The molecule has 2 heterocycles. The maximum atomic E-state index is 10.0. The second kappa shape index (κ2) is 5.13. The number of hydrogen-bond acceptors (Lipinski definition) is 6. The van der Waals surface area contributed by atoms with Gasteiger partial charge in [-0.15, -0.1) is 0 Å². The van der Waals surface area contributed by atoms with Crippen molar-refractivity contribution in [3.05, 3.63) is 35.9 Å². The molecule has 3 rings (SSSR count). The van der Waals surface area contributed by atoms with E-state index >= 15 is 0 Å². The minimum atomic E-state index is -1.38. The van der Waals surface area contributed by atoms with Gasteiger partial charge < -0.3 is 20.1 Å². The van der Waals surface area contributed by atoms with Crippen LogP contribution in [-0.2, 0) is 4.74 Å². The fourth-order valence-corrected chi connectivity index (χ4v) is 2.99. The molecule has 6 heteroatoms. The number of piperidine rings is 1. The Morgan fingerprint density at radius 1 is 1.10 bits per heavy atom. The maximum Gasteiger partial charge on any atom is 0.141 e. The summed E-state index contributed by atoms with van der Waals surface area (Å²) in [4.78, 5) is 1.65. The van der Waals surface area contributed by atoms with Gasteiger partial charge in [-0.2, -0.15) is 5.26 Å². The molecule has 0 aromatic heterocycles. The fraction of sp³-hybridized carbons (Fsp3) is 0.500. The summed E-state index contributed by atoms with van der Waals surface area (Å²) in [6.45, 7) is 0.309. The zero-order valence-corrected chi connectivity index (χ0v) is 10.7. The first-order chi connectivity index (χ1) is 9.65. The van der Waals surface area contributed by atoms with Gasteiger partial charge in [0.25, 0.3) is 0 Å². The van der Waals surface area contributed by atoms with Crippen LogP contribution in [0.5, 0.6) is 0 Å². The molecule has 2 fully saturated rings. The van der Waals surface area contributed by atoms with Gasteiger partial charge >= 0.3 is 0 Å². The van der Waals surface area contributed by atoms with Crippen molar-refractivity contribution < 1.29 is 20.1 Å². The Hall–Kier alpha value is -1.49. The molecule has 0 bridgehead atoms. The van der Waals surface area contributed by atoms with Gasteiger partial charge in [0.05, 0.1) is 18.7 Å². The van der Waals surface area contributed by atoms with Gasteiger partial charge in [-0.3, -0.25) is 0 Å². The molecule has 0 amide bonds. The third-order valence-electron chi connectivity index (χ3n) is 4.03. The van der Waals surface area contributed by atoms with Crippen LogP contribution in [0.15, 0.2) is 30.3 Å². The third kappa shape index (κ3) is 1.92. The number of fused-ring (bicyclic) bond motifs is 1. The van der Waals surface area contributed by atoms with Crippen molar-refractivity contribution in [2.75, 3.05) is 6.61 Å². The highest BCUT2D eigenvalue weighted by molar-refractivity contribution is 5.23. The molecule has 2 saturated heterocycles. The Bertz CT molecular complexity index is 518. The molecule has 20 heavy (non-hydrogen) atoms. The highest BCUT2D eigenvalue weighted by atomic mass is 16.5. The Morgan fingerprint density at radius 3 is 2.45 bits per heavy atom. The third-order valence-corrected chi connectivity index (χ3v) is 4.03. The quantitative estimate of drug-likeness (QED) is 0.632. The molecule has 1 aromatic carbocycles. The van der Waals surface area contributed by atoms with E-state index in [9.17, 15) is 20.6 Å². The first-order valence-electron chi connectivity index (χ1n) is 6.53. The first kappa shape index (κ1) is 13.5. The zero-order valence-electron chi connectivity index (χ0n) is 10.7. The van der Waals surface area contributed by atoms with E-state index in [2.05, 4.69) is 0 Å². The van der Waals surface area contributed by atoms with Crippen molar-refractivity contribution in [1.82, 2.24) is 4.90 Å². The van der Waals surface area contributed by atoms with Crippen LogP contribution in [0.3, 0.4) is 0 Å². The Kier molecular flexibility index (Phi) is 3.46. The van der Waals surface area contributed by atoms with Crippen LogP contribution < -0.4 is 0 Å². The molecule has 6 nitrogen and oxygen atoms in total. The summed E-state index contributed by atoms with van der Waals surface area (Å²) in [6.07, 6.45) is -4.71. The highest BCUT2D eigenvalue weighted by Gasteiger charge is 2.54. The van der Waals surface area contributed by atoms with Gasteiger partial charge in [-0.05, 0) is 5.56 Å². The lowest BCUT2D eigenvalue weighted by atomic mass is 9.91. The molecule has 3 N–H and O–H groups in total. The van der Waals surface area contributed by atoms with E-state index in [-0.39, 0.29) is 6.04 Å². The molecule has 6 atom stereocenters. The minimum absolute atomic E-state index is 0.220. The topological polar surface area (TPSA) is 97.0 Å². The van der Waals surface area contributed by atoms with Gasteiger partial charge in [0.1, 0.15) is 30.6 Å². The van der Waals surface area contributed by atoms with Crippen LogP contribution in [-0.4, -0.2) is 57.4 Å². The minimum Gasteiger partial charge on any atom is -0.388 e. The molecule has 106 valence electrons. The maximum absolute atomic E-state index is 10.0. The van der Waals surface area contributed by atoms with E-state index in [0.29, 0.717) is 6.61 Å². The van der Waals surface area contributed by atoms with Crippen molar-refractivity contribution >= 4 is 0 Å². The number of aliphatic hydroxyl groups is 3. The van der Waals surface area contributed by atoms with Gasteiger partial charge in [0.15, 0.2) is 0 Å². The van der Waals surface area contributed by atoms with E-state index in [1.807, 2.05) is 36.4 Å². The standard InChI is InChI=1S/C14H16N2O4/c15-6-9-11(17)12(18)13(19)14-16(9)10(7-20-14)8-4-2-1-3-5-8/h1-5,9-14,17-19H,7H2/t9-,10+,11+,12-,13+,14-/m1/s1. The van der Waals surface area contributed by atoms with Gasteiger partial charge in [-0.1, -0.05) is 30.3 Å². The van der Waals surface area contributed by atoms with Crippen LogP contribution in [0.1, 0.15) is 11.6 Å². The molecule has 0 saturated carbocycles. The summed E-state index contributed by atoms with van der Waals surface area (Å²) >= 11 is 0. The van der Waals surface area contributed by atoms with E-state index in [1.165, 1.54) is 0 Å². The normalized spacial score (nSPS) is 41.1. The summed E-state index contributed by atoms with van der Waals surface area (Å²) in [7, 11) is 0. The van der Waals surface area contributed by atoms with Crippen molar-refractivity contribution in [1.29, 1.82) is 5.26 Å². The molecule has 1 aromatic rings. The van der Waals surface area contributed by atoms with Crippen molar-refractivity contribution in [2.45, 2.75) is 36.6 Å². The summed E-state index contributed by atoms with van der Waals surface area (Å²) in [5.41, 5.74) is 0.950. The molecule has 0 spiro atoms. The number of ether oxygens (including phenoxy) is 1. The highest BCUT2D eigenvalue weighted by Crippen LogP contribution is 2.38. The average molecular weight is 276 g/mol. The SMILES string of the molecule is N#C[C@@H]1[C@H](O)[C@@H](O)[C@H](O)[C@H]2OC[C@@H](c3ccccc3)N12. The fourth-order valence-electron chi connectivity index (χ4n) is 2.99. The Labute approximate surface area is 116 Å². The first-order valence-corrected chi connectivity index (χ1v) is 6.53. The van der Waals surface area contributed by atoms with Crippen LogP contribution in [0.2, 0.25) is 0 Å². The van der Waals surface area contributed by atoms with Crippen molar-refractivity contribution in [2.24, 2.45) is 0 Å². The molecule has 0 aliphatic carbocycles. The van der Waals surface area contributed by atoms with Crippen LogP contribution in [0, 0.1) is 11.3 Å². The molecule has 0 radical (unpaired) electrons. The summed E-state index contributed by atoms with van der Waals surface area (Å²) in [5, 5.41) is 39.1. The molecular formula is C14H16N2O4. The number of nitrogens with zero attached hydrogens (tertiary/aromatic N) is 2. The predicted molar refractivity (Wildman–Crippen MR) is 68.2 cm³/mol. The molecule has 2 aliphatic heterocycles. The lowest BCUT2D eigenvalue weighted by Crippen LogP contribution is -2.64. The molecular weight excluding hydrogens is 260 g/mol. The summed E-state index contributed by atoms with van der Waals surface area (Å²) in [5.74, 6) is 0. The van der Waals surface area contributed by atoms with Crippen LogP contribution in [0.4, 0.5) is 0 Å². The van der Waals surface area contributed by atoms with Gasteiger partial charge in [0, 0.05) is 0 Å². The lowest BCUT2D eigenvalue weighted by Gasteiger charge is -2.43. The van der Waals surface area contributed by atoms with E-state index in [1.54, 1.807) is 4.90 Å². The zero-order chi connectivity index (χ0) is 14.3. The van der Waals surface area contributed by atoms with Crippen LogP contribution >= 0.6 is 0 Å².